The molecule has 3 heterocycles. The van der Waals surface area contributed by atoms with Crippen LogP contribution in [0.25, 0.3) is 0 Å². The molecule has 1 fully saturated rings. The second kappa shape index (κ2) is 7.92. The van der Waals surface area contributed by atoms with Gasteiger partial charge in [0.25, 0.3) is 11.8 Å². The smallest absolute Gasteiger partial charge is 0.264 e. The lowest BCUT2D eigenvalue weighted by atomic mass is 10.2. The average molecular weight is 364 g/mol. The zero-order chi connectivity index (χ0) is 16.9. The van der Waals surface area contributed by atoms with E-state index in [0.717, 1.165) is 48.7 Å². The lowest BCUT2D eigenvalue weighted by Crippen LogP contribution is -2.50. The average Bonchev–Trinajstić information content (AvgIpc) is 3.26. The van der Waals surface area contributed by atoms with Gasteiger partial charge in [-0.3, -0.25) is 14.5 Å². The van der Waals surface area contributed by atoms with E-state index >= 15 is 0 Å². The van der Waals surface area contributed by atoms with Crippen molar-refractivity contribution in [3.05, 3.63) is 44.3 Å². The molecule has 7 heteroatoms. The number of hydrogen-bond donors (Lipinski definition) is 1. The third-order valence-electron chi connectivity index (χ3n) is 4.10. The van der Waals surface area contributed by atoms with E-state index < -0.39 is 0 Å². The van der Waals surface area contributed by atoms with Gasteiger partial charge in [0.15, 0.2) is 0 Å². The van der Waals surface area contributed by atoms with E-state index in [1.165, 1.54) is 22.7 Å². The van der Waals surface area contributed by atoms with Crippen LogP contribution in [0.2, 0.25) is 0 Å². The molecule has 2 amide bonds. The van der Waals surface area contributed by atoms with E-state index in [0.29, 0.717) is 6.54 Å². The number of thiophene rings is 2. The highest BCUT2D eigenvalue weighted by atomic mass is 32.1. The van der Waals surface area contributed by atoms with Gasteiger partial charge in [-0.15, -0.1) is 11.3 Å². The Labute approximate surface area is 149 Å². The van der Waals surface area contributed by atoms with Crippen LogP contribution in [-0.4, -0.2) is 60.9 Å². The first-order valence-corrected chi connectivity index (χ1v) is 9.83. The quantitative estimate of drug-likeness (QED) is 0.887. The molecule has 3 rings (SSSR count). The third-order valence-corrected chi connectivity index (χ3v) is 5.82. The van der Waals surface area contributed by atoms with Crippen molar-refractivity contribution < 1.29 is 9.59 Å². The maximum absolute atomic E-state index is 12.4. The van der Waals surface area contributed by atoms with E-state index in [4.69, 9.17) is 0 Å². The summed E-state index contributed by atoms with van der Waals surface area (Å²) in [6.07, 6.45) is 0. The van der Waals surface area contributed by atoms with Crippen molar-refractivity contribution in [2.24, 2.45) is 0 Å². The minimum absolute atomic E-state index is 0.0156. The molecule has 0 aromatic carbocycles. The summed E-state index contributed by atoms with van der Waals surface area (Å²) in [5, 5.41) is 8.71. The first-order valence-electron chi connectivity index (χ1n) is 8.00. The van der Waals surface area contributed by atoms with Crippen molar-refractivity contribution in [2.75, 3.05) is 39.3 Å². The summed E-state index contributed by atoms with van der Waals surface area (Å²) in [6.45, 7) is 6.65. The number of nitrogens with one attached hydrogen (secondary N) is 1. The maximum atomic E-state index is 12.4. The summed E-state index contributed by atoms with van der Waals surface area (Å²) >= 11 is 3.04. The monoisotopic (exact) mass is 363 g/mol. The van der Waals surface area contributed by atoms with Crippen LogP contribution < -0.4 is 5.32 Å². The predicted octanol–water partition coefficient (Wildman–Crippen LogP) is 2.31. The van der Waals surface area contributed by atoms with Crippen LogP contribution in [0.4, 0.5) is 0 Å². The fourth-order valence-electron chi connectivity index (χ4n) is 2.70. The first kappa shape index (κ1) is 17.1. The Morgan fingerprint density at radius 2 is 2.00 bits per heavy atom. The molecular weight excluding hydrogens is 342 g/mol. The Bertz CT molecular complexity index is 689. The Balaban J connectivity index is 1.39. The fraction of sp³-hybridized carbons (Fsp3) is 0.412. The van der Waals surface area contributed by atoms with Gasteiger partial charge in [0.1, 0.15) is 0 Å². The molecular formula is C17H21N3O2S2. The maximum Gasteiger partial charge on any atom is 0.264 e. The van der Waals surface area contributed by atoms with Gasteiger partial charge < -0.3 is 10.2 Å². The molecule has 1 saturated heterocycles. The van der Waals surface area contributed by atoms with Crippen LogP contribution in [-0.2, 0) is 0 Å². The molecule has 2 aromatic heterocycles. The Hall–Kier alpha value is -1.70. The van der Waals surface area contributed by atoms with Crippen LogP contribution in [0.3, 0.4) is 0 Å². The lowest BCUT2D eigenvalue weighted by Gasteiger charge is -2.34. The van der Waals surface area contributed by atoms with Crippen LogP contribution in [0, 0.1) is 6.92 Å². The molecule has 0 atom stereocenters. The van der Waals surface area contributed by atoms with Crippen molar-refractivity contribution in [1.82, 2.24) is 15.1 Å². The molecule has 1 aliphatic rings. The highest BCUT2D eigenvalue weighted by Crippen LogP contribution is 2.17. The normalized spacial score (nSPS) is 15.5. The zero-order valence-corrected chi connectivity index (χ0v) is 15.3. The van der Waals surface area contributed by atoms with Crippen LogP contribution in [0.5, 0.6) is 0 Å². The molecule has 0 radical (unpaired) electrons. The molecule has 24 heavy (non-hydrogen) atoms. The number of piperazine rings is 1. The minimum atomic E-state index is -0.0156. The van der Waals surface area contributed by atoms with Gasteiger partial charge in [-0.1, -0.05) is 0 Å². The number of hydrogen-bond acceptors (Lipinski definition) is 5. The Morgan fingerprint density at radius 1 is 1.21 bits per heavy atom. The van der Waals surface area contributed by atoms with E-state index in [2.05, 4.69) is 10.2 Å². The van der Waals surface area contributed by atoms with Crippen LogP contribution >= 0.6 is 22.7 Å². The second-order valence-corrected chi connectivity index (χ2v) is 7.58. The second-order valence-electron chi connectivity index (χ2n) is 5.89. The van der Waals surface area contributed by atoms with Crippen LogP contribution in [0.1, 0.15) is 25.6 Å². The van der Waals surface area contributed by atoms with E-state index in [1.807, 2.05) is 40.1 Å². The van der Waals surface area contributed by atoms with Crippen molar-refractivity contribution in [1.29, 1.82) is 0 Å². The fourth-order valence-corrected chi connectivity index (χ4v) is 4.20. The SMILES string of the molecule is Cc1csc(C(=O)N2CCN(CCNC(=O)c3ccsc3)CC2)c1. The highest BCUT2D eigenvalue weighted by molar-refractivity contribution is 7.12. The molecule has 1 aliphatic heterocycles. The molecule has 0 bridgehead atoms. The van der Waals surface area contributed by atoms with Crippen molar-refractivity contribution in [3.8, 4) is 0 Å². The van der Waals surface area contributed by atoms with E-state index in [9.17, 15) is 9.59 Å². The van der Waals surface area contributed by atoms with Gasteiger partial charge >= 0.3 is 0 Å². The molecule has 2 aromatic rings. The molecule has 1 N–H and O–H groups in total. The van der Waals surface area contributed by atoms with Gasteiger partial charge in [0.2, 0.25) is 0 Å². The standard InChI is InChI=1S/C17H21N3O2S2/c1-13-10-15(24-11-13)17(22)20-7-5-19(6-8-20)4-3-18-16(21)14-2-9-23-12-14/h2,9-12H,3-8H2,1H3,(H,18,21). The third kappa shape index (κ3) is 4.23. The zero-order valence-electron chi connectivity index (χ0n) is 13.7. The number of amides is 2. The van der Waals surface area contributed by atoms with Crippen molar-refractivity contribution in [3.63, 3.8) is 0 Å². The number of aryl methyl sites for hydroxylation is 1. The van der Waals surface area contributed by atoms with Crippen LogP contribution in [0.15, 0.2) is 28.3 Å². The van der Waals surface area contributed by atoms with Gasteiger partial charge in [-0.2, -0.15) is 11.3 Å². The van der Waals surface area contributed by atoms with E-state index in [1.54, 1.807) is 0 Å². The largest absolute Gasteiger partial charge is 0.351 e. The molecule has 0 unspecified atom stereocenters. The number of rotatable bonds is 5. The highest BCUT2D eigenvalue weighted by Gasteiger charge is 2.22. The van der Waals surface area contributed by atoms with Gasteiger partial charge in [0.05, 0.1) is 4.88 Å². The number of carbonyl (C=O) groups is 2. The summed E-state index contributed by atoms with van der Waals surface area (Å²) in [5.41, 5.74) is 1.87. The van der Waals surface area contributed by atoms with Gasteiger partial charge in [0, 0.05) is 50.2 Å². The summed E-state index contributed by atoms with van der Waals surface area (Å²) in [5.74, 6) is 0.122. The predicted molar refractivity (Wildman–Crippen MR) is 98.1 cm³/mol. The summed E-state index contributed by atoms with van der Waals surface area (Å²) in [7, 11) is 0. The Morgan fingerprint density at radius 3 is 2.62 bits per heavy atom. The molecule has 128 valence electrons. The lowest BCUT2D eigenvalue weighted by molar-refractivity contribution is 0.0642. The minimum Gasteiger partial charge on any atom is -0.351 e. The number of nitrogens with zero attached hydrogens (tertiary/aromatic N) is 2. The summed E-state index contributed by atoms with van der Waals surface area (Å²) in [6, 6.07) is 3.79. The van der Waals surface area contributed by atoms with Crippen molar-refractivity contribution in [2.45, 2.75) is 6.92 Å². The van der Waals surface area contributed by atoms with E-state index in [-0.39, 0.29) is 11.8 Å². The molecule has 0 aliphatic carbocycles. The first-order chi connectivity index (χ1) is 11.6. The summed E-state index contributed by atoms with van der Waals surface area (Å²) < 4.78 is 0. The Kier molecular flexibility index (Phi) is 5.65. The molecule has 0 saturated carbocycles. The topological polar surface area (TPSA) is 52.7 Å². The van der Waals surface area contributed by atoms with Gasteiger partial charge in [-0.25, -0.2) is 0 Å². The van der Waals surface area contributed by atoms with Crippen molar-refractivity contribution >= 4 is 34.5 Å². The molecule has 0 spiro atoms. The van der Waals surface area contributed by atoms with Gasteiger partial charge in [-0.05, 0) is 35.4 Å². The number of carbonyl (C=O) groups excluding carboxylic acids is 2. The summed E-state index contributed by atoms with van der Waals surface area (Å²) in [4.78, 5) is 29.3. The molecule has 5 nitrogen and oxygen atoms in total.